The number of rotatable bonds is 6. The highest BCUT2D eigenvalue weighted by molar-refractivity contribution is 6.30. The predicted molar refractivity (Wildman–Crippen MR) is 82.3 cm³/mol. The highest BCUT2D eigenvalue weighted by Crippen LogP contribution is 2.29. The van der Waals surface area contributed by atoms with Crippen LogP contribution in [0.5, 0.6) is 5.75 Å². The number of aromatic hydroxyl groups is 1. The van der Waals surface area contributed by atoms with Crippen molar-refractivity contribution in [2.24, 2.45) is 0 Å². The van der Waals surface area contributed by atoms with E-state index in [1.807, 2.05) is 13.0 Å². The molecule has 0 amide bonds. The maximum atomic E-state index is 12.1. The van der Waals surface area contributed by atoms with Crippen LogP contribution < -0.4 is 0 Å². The van der Waals surface area contributed by atoms with Gasteiger partial charge in [-0.3, -0.25) is 9.59 Å². The molecule has 0 atom stereocenters. The lowest BCUT2D eigenvalue weighted by molar-refractivity contribution is -0.136. The smallest absolute Gasteiger partial charge is 0.303 e. The molecule has 2 rings (SSSR count). The van der Waals surface area contributed by atoms with Crippen molar-refractivity contribution in [2.45, 2.75) is 19.8 Å². The third-order valence-corrected chi connectivity index (χ3v) is 3.42. The number of carbonyl (C=O) groups excluding carboxylic acids is 1. The fourth-order valence-corrected chi connectivity index (χ4v) is 2.21. The van der Waals surface area contributed by atoms with Gasteiger partial charge in [0.15, 0.2) is 5.78 Å². The molecule has 0 fully saturated rings. The normalized spacial score (nSPS) is 11.4. The van der Waals surface area contributed by atoms with Crippen molar-refractivity contribution in [2.75, 3.05) is 0 Å². The molecule has 2 aromatic rings. The van der Waals surface area contributed by atoms with Crippen LogP contribution in [0, 0.1) is 6.92 Å². The predicted octanol–water partition coefficient (Wildman–Crippen LogP) is 3.46. The van der Waals surface area contributed by atoms with Gasteiger partial charge in [0.1, 0.15) is 11.4 Å². The Balaban J connectivity index is 2.32. The van der Waals surface area contributed by atoms with Gasteiger partial charge in [0.05, 0.1) is 6.42 Å². The molecule has 0 bridgehead atoms. The van der Waals surface area contributed by atoms with E-state index < -0.39 is 11.8 Å². The van der Waals surface area contributed by atoms with Crippen LogP contribution in [0.15, 0.2) is 30.5 Å². The van der Waals surface area contributed by atoms with Gasteiger partial charge >= 0.3 is 5.97 Å². The molecule has 0 unspecified atom stereocenters. The number of hydrogen-bond donors (Lipinski definition) is 2. The summed E-state index contributed by atoms with van der Waals surface area (Å²) in [6.45, 7) is 1.90. The van der Waals surface area contributed by atoms with E-state index in [1.165, 1.54) is 12.3 Å². The lowest BCUT2D eigenvalue weighted by Gasteiger charge is -2.09. The summed E-state index contributed by atoms with van der Waals surface area (Å²) in [5.41, 5.74) is 2.37. The minimum absolute atomic E-state index is 0.0175. The number of pyridine rings is 1. The average molecular weight is 322 g/mol. The van der Waals surface area contributed by atoms with Crippen LogP contribution in [0.4, 0.5) is 0 Å². The number of carboxylic acid groups (broad SMARTS) is 1. The number of carbonyl (C=O) groups is 2. The van der Waals surface area contributed by atoms with Crippen LogP contribution in [0.1, 0.15) is 28.9 Å². The first kappa shape index (κ1) is 13.3. The van der Waals surface area contributed by atoms with Gasteiger partial charge in [0.2, 0.25) is 0 Å². The van der Waals surface area contributed by atoms with E-state index in [4.69, 9.17) is 14.5 Å². The van der Waals surface area contributed by atoms with Crippen LogP contribution >= 0.6 is 11.6 Å². The van der Waals surface area contributed by atoms with Gasteiger partial charge < -0.3 is 10.2 Å². The van der Waals surface area contributed by atoms with Crippen molar-refractivity contribution in [1.29, 1.82) is 2.86 Å². The second-order valence-electron chi connectivity index (χ2n) is 4.83. The molecule has 0 spiro atoms. The summed E-state index contributed by atoms with van der Waals surface area (Å²) in [5.74, 6) is -1.31. The van der Waals surface area contributed by atoms with Crippen LogP contribution in [-0.2, 0) is 4.79 Å². The Kier molecular flexibility index (Phi) is 3.97. The molecule has 114 valence electrons. The summed E-state index contributed by atoms with van der Waals surface area (Å²) >= 11 is 6.00. The van der Waals surface area contributed by atoms with Crippen molar-refractivity contribution >= 4 is 23.4 Å². The molecule has 1 aromatic heterocycles. The summed E-state index contributed by atoms with van der Waals surface area (Å²) in [5, 5.41) is 8.82. The zero-order valence-corrected chi connectivity index (χ0v) is 12.5. The van der Waals surface area contributed by atoms with Crippen LogP contribution in [0.2, 0.25) is 5.02 Å². The standard InChI is InChI=1S/C16H14ClNO4/c1-9-2-3-11(17)7-12(9)10-6-14(20)16(18-8-10)13(19)4-5-15(21)22/h2-3,6-8,20H,4-5H2,1H3,(H,21,22)/i/hD2. The number of halogens is 1. The van der Waals surface area contributed by atoms with Crippen LogP contribution in [0.3, 0.4) is 0 Å². The van der Waals surface area contributed by atoms with Crippen molar-refractivity contribution in [3.05, 3.63) is 46.7 Å². The maximum Gasteiger partial charge on any atom is 0.303 e. The first-order valence-corrected chi connectivity index (χ1v) is 6.93. The Hall–Kier alpha value is -2.40. The zero-order chi connectivity index (χ0) is 17.7. The van der Waals surface area contributed by atoms with E-state index in [-0.39, 0.29) is 24.3 Å². The molecule has 1 aromatic carbocycles. The summed E-state index contributed by atoms with van der Waals surface area (Å²) in [4.78, 5) is 27.1. The van der Waals surface area contributed by atoms with Gasteiger partial charge in [0.25, 0.3) is 2.86 Å². The summed E-state index contributed by atoms with van der Waals surface area (Å²) in [7, 11) is 0. The number of nitrogens with zero attached hydrogens (tertiary/aromatic N) is 1. The van der Waals surface area contributed by atoms with Crippen molar-refractivity contribution in [3.63, 3.8) is 0 Å². The van der Waals surface area contributed by atoms with Gasteiger partial charge in [-0.25, -0.2) is 4.98 Å². The molecule has 0 saturated heterocycles. The number of Topliss-reactive ketones (excluding diaryl/α,β-unsaturated/α-hetero) is 1. The third-order valence-electron chi connectivity index (χ3n) is 3.18. The highest BCUT2D eigenvalue weighted by atomic mass is 35.5. The fourth-order valence-electron chi connectivity index (χ4n) is 2.04. The largest absolute Gasteiger partial charge is 0.506 e. The summed E-state index contributed by atoms with van der Waals surface area (Å²) in [6.07, 6.45) is 1.06. The summed E-state index contributed by atoms with van der Waals surface area (Å²) in [6, 6.07) is 6.89. The number of aliphatic carboxylic acids is 1. The number of ketones is 1. The van der Waals surface area contributed by atoms with Gasteiger partial charge in [-0.1, -0.05) is 17.7 Å². The number of benzene rings is 1. The molecular formula is C16H14ClNO4. The van der Waals surface area contributed by atoms with Crippen molar-refractivity contribution in [1.82, 2.24) is 4.98 Å². The van der Waals surface area contributed by atoms with Crippen LogP contribution in [-0.4, -0.2) is 28.4 Å². The maximum absolute atomic E-state index is 12.1. The van der Waals surface area contributed by atoms with Gasteiger partial charge in [-0.15, -0.1) is 0 Å². The SMILES string of the molecule is [2H]OC(=O)CCC(=O)c1ncc(-c2cc(Cl)ccc2C)cc1O[2H]. The second-order valence-corrected chi connectivity index (χ2v) is 5.26. The van der Waals surface area contributed by atoms with Crippen molar-refractivity contribution < 1.29 is 19.8 Å². The minimum Gasteiger partial charge on any atom is -0.506 e. The number of aryl methyl sites for hydroxylation is 1. The van der Waals surface area contributed by atoms with E-state index >= 15 is 0 Å². The third kappa shape index (κ3) is 3.62. The first-order chi connectivity index (χ1) is 11.5. The molecular weight excluding hydrogens is 306 g/mol. The highest BCUT2D eigenvalue weighted by Gasteiger charge is 2.16. The van der Waals surface area contributed by atoms with Crippen LogP contribution in [0.25, 0.3) is 12.6 Å². The Morgan fingerprint density at radius 2 is 2.14 bits per heavy atom. The Labute approximate surface area is 135 Å². The summed E-state index contributed by atoms with van der Waals surface area (Å²) < 4.78 is 13.6. The van der Waals surface area contributed by atoms with E-state index in [1.54, 1.807) is 12.1 Å². The molecule has 6 heteroatoms. The molecule has 0 aliphatic rings. The lowest BCUT2D eigenvalue weighted by atomic mass is 10.0. The molecule has 22 heavy (non-hydrogen) atoms. The molecule has 0 radical (unpaired) electrons. The van der Waals surface area contributed by atoms with E-state index in [9.17, 15) is 9.59 Å². The van der Waals surface area contributed by atoms with Gasteiger partial charge in [-0.2, -0.15) is 0 Å². The molecule has 5 nitrogen and oxygen atoms in total. The Morgan fingerprint density at radius 3 is 2.86 bits per heavy atom. The molecule has 0 saturated carbocycles. The average Bonchev–Trinajstić information content (AvgIpc) is 2.60. The number of hydrogen-bond acceptors (Lipinski definition) is 5. The Morgan fingerprint density at radius 1 is 1.32 bits per heavy atom. The minimum atomic E-state index is -0.817. The molecule has 2 N–H and O–H groups in total. The number of aromatic nitrogens is 1. The molecule has 1 heterocycles. The second kappa shape index (κ2) is 6.58. The molecule has 0 aliphatic carbocycles. The fraction of sp³-hybridized carbons (Fsp3) is 0.188. The quantitative estimate of drug-likeness (QED) is 0.795. The van der Waals surface area contributed by atoms with Crippen molar-refractivity contribution in [3.8, 4) is 16.9 Å². The number of carboxylic acids is 1. The van der Waals surface area contributed by atoms with E-state index in [0.29, 0.717) is 10.6 Å². The monoisotopic (exact) mass is 321 g/mol. The Bertz CT molecular complexity index is 783. The van der Waals surface area contributed by atoms with Gasteiger partial charge in [-0.05, 0) is 36.2 Å². The first-order valence-electron chi connectivity index (χ1n) is 7.36. The zero-order valence-electron chi connectivity index (χ0n) is 13.8. The van der Waals surface area contributed by atoms with E-state index in [2.05, 4.69) is 15.2 Å². The lowest BCUT2D eigenvalue weighted by Crippen LogP contribution is -2.06. The van der Waals surface area contributed by atoms with E-state index in [0.717, 1.165) is 11.1 Å². The topological polar surface area (TPSA) is 87.5 Å². The molecule has 0 aliphatic heterocycles. The van der Waals surface area contributed by atoms with Gasteiger partial charge in [0, 0.05) is 23.2 Å².